The standard InChI is InChI=1S/C12H17Cl3Si/c1-3-4-5-9-12(16(13,14)15)11-8-6-7-10(11)2/h3H,1-2,4-9H2/b12-11-. The highest BCUT2D eigenvalue weighted by molar-refractivity contribution is 7.67. The summed E-state index contributed by atoms with van der Waals surface area (Å²) in [6.45, 7) is 7.78. The van der Waals surface area contributed by atoms with E-state index in [1.54, 1.807) is 0 Å². The normalized spacial score (nSPS) is 20.1. The summed E-state index contributed by atoms with van der Waals surface area (Å²) in [5.41, 5.74) is 2.42. The third-order valence-electron chi connectivity index (χ3n) is 2.87. The smallest absolute Gasteiger partial charge is 0.121 e. The van der Waals surface area contributed by atoms with Crippen LogP contribution in [0.4, 0.5) is 0 Å². The average Bonchev–Trinajstić information content (AvgIpc) is 2.57. The van der Waals surface area contributed by atoms with Gasteiger partial charge in [0.15, 0.2) is 0 Å². The van der Waals surface area contributed by atoms with Crippen LogP contribution in [0.25, 0.3) is 0 Å². The van der Waals surface area contributed by atoms with Gasteiger partial charge in [0.1, 0.15) is 0 Å². The molecule has 1 rings (SSSR count). The molecule has 0 amide bonds. The van der Waals surface area contributed by atoms with Gasteiger partial charge in [-0.25, -0.2) is 0 Å². The number of unbranched alkanes of at least 4 members (excludes halogenated alkanes) is 1. The summed E-state index contributed by atoms with van der Waals surface area (Å²) in [6.07, 6.45) is 8.00. The van der Waals surface area contributed by atoms with Gasteiger partial charge in [-0.2, -0.15) is 0 Å². The van der Waals surface area contributed by atoms with Gasteiger partial charge < -0.3 is 0 Å². The van der Waals surface area contributed by atoms with Gasteiger partial charge >= 0.3 is 6.00 Å². The van der Waals surface area contributed by atoms with E-state index in [9.17, 15) is 0 Å². The van der Waals surface area contributed by atoms with Crippen molar-refractivity contribution in [2.24, 2.45) is 0 Å². The predicted octanol–water partition coefficient (Wildman–Crippen LogP) is 5.57. The van der Waals surface area contributed by atoms with Crippen molar-refractivity contribution in [3.05, 3.63) is 35.6 Å². The molecule has 0 aromatic carbocycles. The Kier molecular flexibility index (Phi) is 5.65. The molecule has 0 heterocycles. The Morgan fingerprint density at radius 3 is 2.44 bits per heavy atom. The van der Waals surface area contributed by atoms with Crippen LogP contribution < -0.4 is 0 Å². The molecule has 4 heteroatoms. The van der Waals surface area contributed by atoms with Gasteiger partial charge in [0.2, 0.25) is 0 Å². The Bertz CT molecular complexity index is 313. The molecule has 0 nitrogen and oxygen atoms in total. The second kappa shape index (κ2) is 6.30. The van der Waals surface area contributed by atoms with Gasteiger partial charge in [-0.3, -0.25) is 0 Å². The van der Waals surface area contributed by atoms with Gasteiger partial charge in [0, 0.05) is 0 Å². The number of hydrogen-bond donors (Lipinski definition) is 0. The van der Waals surface area contributed by atoms with Crippen LogP contribution in [-0.2, 0) is 0 Å². The first-order valence-electron chi connectivity index (χ1n) is 5.55. The van der Waals surface area contributed by atoms with Crippen LogP contribution in [0.3, 0.4) is 0 Å². The zero-order chi connectivity index (χ0) is 12.2. The van der Waals surface area contributed by atoms with Crippen molar-refractivity contribution in [2.45, 2.75) is 38.5 Å². The van der Waals surface area contributed by atoms with E-state index in [-0.39, 0.29) is 0 Å². The topological polar surface area (TPSA) is 0 Å². The van der Waals surface area contributed by atoms with Crippen molar-refractivity contribution in [1.82, 2.24) is 0 Å². The number of rotatable bonds is 5. The molecule has 1 aliphatic rings. The van der Waals surface area contributed by atoms with Gasteiger partial charge in [-0.15, -0.1) is 39.8 Å². The molecule has 0 aromatic rings. The van der Waals surface area contributed by atoms with Crippen molar-refractivity contribution in [2.75, 3.05) is 0 Å². The molecule has 1 saturated carbocycles. The van der Waals surface area contributed by atoms with E-state index in [1.807, 2.05) is 6.08 Å². The van der Waals surface area contributed by atoms with Gasteiger partial charge in [0.25, 0.3) is 0 Å². The molecule has 0 atom stereocenters. The lowest BCUT2D eigenvalue weighted by molar-refractivity contribution is 0.847. The molecular formula is C12H17Cl3Si. The monoisotopic (exact) mass is 294 g/mol. The summed E-state index contributed by atoms with van der Waals surface area (Å²) in [6, 6.07) is -2.74. The SMILES string of the molecule is C=CCCC/C(=C1\CCCC1=C)[Si](Cl)(Cl)Cl. The fourth-order valence-corrected chi connectivity index (χ4v) is 5.04. The molecule has 0 aromatic heterocycles. The average molecular weight is 296 g/mol. The molecule has 0 unspecified atom stereocenters. The van der Waals surface area contributed by atoms with Crippen molar-refractivity contribution in [1.29, 1.82) is 0 Å². The van der Waals surface area contributed by atoms with E-state index in [1.165, 1.54) is 11.1 Å². The van der Waals surface area contributed by atoms with Crippen molar-refractivity contribution >= 4 is 39.2 Å². The molecule has 0 spiro atoms. The highest BCUT2D eigenvalue weighted by Gasteiger charge is 2.34. The predicted molar refractivity (Wildman–Crippen MR) is 77.4 cm³/mol. The summed E-state index contributed by atoms with van der Waals surface area (Å²) in [4.78, 5) is 0. The van der Waals surface area contributed by atoms with Crippen molar-refractivity contribution < 1.29 is 0 Å². The Balaban J connectivity index is 2.86. The van der Waals surface area contributed by atoms with Gasteiger partial charge in [0.05, 0.1) is 0 Å². The zero-order valence-electron chi connectivity index (χ0n) is 9.37. The fraction of sp³-hybridized carbons (Fsp3) is 0.500. The number of halogens is 3. The molecule has 0 N–H and O–H groups in total. The molecule has 1 aliphatic carbocycles. The second-order valence-corrected chi connectivity index (χ2v) is 12.5. The Hall–Kier alpha value is 0.307. The highest BCUT2D eigenvalue weighted by Crippen LogP contribution is 2.41. The first-order chi connectivity index (χ1) is 7.46. The van der Waals surface area contributed by atoms with Crippen molar-refractivity contribution in [3.63, 3.8) is 0 Å². The number of allylic oxidation sites excluding steroid dienone is 4. The largest absolute Gasteiger partial charge is 0.369 e. The van der Waals surface area contributed by atoms with E-state index in [2.05, 4.69) is 13.2 Å². The molecule has 90 valence electrons. The van der Waals surface area contributed by atoms with E-state index in [0.717, 1.165) is 43.7 Å². The van der Waals surface area contributed by atoms with Crippen molar-refractivity contribution in [3.8, 4) is 0 Å². The molecule has 0 radical (unpaired) electrons. The first-order valence-corrected chi connectivity index (χ1v) is 10.6. The summed E-state index contributed by atoms with van der Waals surface area (Å²) >= 11 is 18.5. The van der Waals surface area contributed by atoms with Gasteiger partial charge in [-0.1, -0.05) is 18.2 Å². The maximum atomic E-state index is 6.17. The summed E-state index contributed by atoms with van der Waals surface area (Å²) in [7, 11) is 0. The number of hydrogen-bond acceptors (Lipinski definition) is 0. The lowest BCUT2D eigenvalue weighted by atomic mass is 10.1. The Labute approximate surface area is 113 Å². The maximum Gasteiger partial charge on any atom is 0.369 e. The second-order valence-electron chi connectivity index (χ2n) is 4.09. The Morgan fingerprint density at radius 2 is 2.00 bits per heavy atom. The lowest BCUT2D eigenvalue weighted by Crippen LogP contribution is -2.17. The highest BCUT2D eigenvalue weighted by atomic mass is 35.8. The molecule has 0 bridgehead atoms. The minimum absolute atomic E-state index is 0.878. The molecule has 0 aliphatic heterocycles. The van der Waals surface area contributed by atoms with Crippen LogP contribution >= 0.6 is 33.2 Å². The van der Waals surface area contributed by atoms with Crippen LogP contribution in [0.5, 0.6) is 0 Å². The van der Waals surface area contributed by atoms with Crippen LogP contribution in [0.2, 0.25) is 0 Å². The lowest BCUT2D eigenvalue weighted by Gasteiger charge is -2.17. The van der Waals surface area contributed by atoms with Crippen LogP contribution in [0, 0.1) is 0 Å². The maximum absolute atomic E-state index is 6.17. The summed E-state index contributed by atoms with van der Waals surface area (Å²) in [5, 5.41) is 1.07. The molecule has 16 heavy (non-hydrogen) atoms. The third kappa shape index (κ3) is 3.96. The van der Waals surface area contributed by atoms with E-state index in [0.29, 0.717) is 0 Å². The van der Waals surface area contributed by atoms with Crippen LogP contribution in [0.1, 0.15) is 38.5 Å². The zero-order valence-corrected chi connectivity index (χ0v) is 12.6. The molecule has 1 fully saturated rings. The quantitative estimate of drug-likeness (QED) is 0.269. The third-order valence-corrected chi connectivity index (χ3v) is 6.16. The fourth-order valence-electron chi connectivity index (χ4n) is 2.06. The summed E-state index contributed by atoms with van der Waals surface area (Å²) in [5.74, 6) is 0. The van der Waals surface area contributed by atoms with E-state index >= 15 is 0 Å². The van der Waals surface area contributed by atoms with E-state index < -0.39 is 6.00 Å². The Morgan fingerprint density at radius 1 is 1.31 bits per heavy atom. The van der Waals surface area contributed by atoms with E-state index in [4.69, 9.17) is 33.2 Å². The molecule has 0 saturated heterocycles. The minimum atomic E-state index is -2.74. The van der Waals surface area contributed by atoms with Gasteiger partial charge in [-0.05, 0) is 49.3 Å². The van der Waals surface area contributed by atoms with Crippen LogP contribution in [-0.4, -0.2) is 6.00 Å². The molecular weight excluding hydrogens is 279 g/mol. The minimum Gasteiger partial charge on any atom is -0.121 e. The first kappa shape index (κ1) is 14.4. The summed E-state index contributed by atoms with van der Waals surface area (Å²) < 4.78 is 0. The van der Waals surface area contributed by atoms with Crippen LogP contribution in [0.15, 0.2) is 35.6 Å².